The van der Waals surface area contributed by atoms with E-state index in [-0.39, 0.29) is 52.3 Å². The van der Waals surface area contributed by atoms with Crippen molar-refractivity contribution in [3.63, 3.8) is 0 Å². The van der Waals surface area contributed by atoms with Gasteiger partial charge >= 0.3 is 12.4 Å². The Morgan fingerprint density at radius 1 is 1.10 bits per heavy atom. The number of anilines is 3. The second-order valence-electron chi connectivity index (χ2n) is 9.86. The number of ether oxygens (including phenoxy) is 1. The standard InChI is InChI=1S/C25H29ClF3N9O3/c1-2-15-13-37(21-19(26)32-18(20(30)33-21)22-34-35-24(31)40-22)11-12-38(15)16-7-9-36(10-8-16)23(39)14-3-5-17(6-4-14)41-25(27,28)29/h3-6,15-16H,2,7-13H2,1H3,(H2,30,33)(H2,31,35)/t15-/m0/s1. The summed E-state index contributed by atoms with van der Waals surface area (Å²) in [4.78, 5) is 28.1. The number of piperazine rings is 1. The van der Waals surface area contributed by atoms with Gasteiger partial charge in [0.2, 0.25) is 0 Å². The number of nitrogens with zero attached hydrogens (tertiary/aromatic N) is 7. The molecule has 1 atom stereocenters. The fourth-order valence-corrected chi connectivity index (χ4v) is 5.64. The van der Waals surface area contributed by atoms with E-state index in [4.69, 9.17) is 27.5 Å². The summed E-state index contributed by atoms with van der Waals surface area (Å²) in [5, 5.41) is 7.57. The number of carbonyl (C=O) groups excluding carboxylic acids is 1. The highest BCUT2D eigenvalue weighted by Gasteiger charge is 2.36. The Hall–Kier alpha value is -3.85. The molecule has 0 spiro atoms. The van der Waals surface area contributed by atoms with Gasteiger partial charge < -0.3 is 30.4 Å². The Balaban J connectivity index is 1.19. The average molecular weight is 596 g/mol. The molecule has 4 N–H and O–H groups in total. The normalized spacial score (nSPS) is 19.0. The Bertz CT molecular complexity index is 1380. The third kappa shape index (κ3) is 6.40. The van der Waals surface area contributed by atoms with Crippen LogP contribution in [-0.4, -0.2) is 87.0 Å². The Morgan fingerprint density at radius 2 is 1.80 bits per heavy atom. The van der Waals surface area contributed by atoms with Crippen molar-refractivity contribution in [1.82, 2.24) is 30.0 Å². The van der Waals surface area contributed by atoms with Gasteiger partial charge in [-0.25, -0.2) is 9.97 Å². The van der Waals surface area contributed by atoms with Gasteiger partial charge in [0, 0.05) is 50.4 Å². The van der Waals surface area contributed by atoms with Crippen LogP contribution in [0.5, 0.6) is 5.75 Å². The number of aromatic nitrogens is 4. The van der Waals surface area contributed by atoms with Crippen molar-refractivity contribution < 1.29 is 27.1 Å². The summed E-state index contributed by atoms with van der Waals surface area (Å²) in [7, 11) is 0. The minimum atomic E-state index is -4.78. The van der Waals surface area contributed by atoms with Crippen molar-refractivity contribution in [3.05, 3.63) is 35.0 Å². The van der Waals surface area contributed by atoms with E-state index in [9.17, 15) is 18.0 Å². The number of nitrogen functional groups attached to an aromatic ring is 2. The number of benzene rings is 1. The van der Waals surface area contributed by atoms with Crippen LogP contribution in [0.3, 0.4) is 0 Å². The molecule has 0 bridgehead atoms. The van der Waals surface area contributed by atoms with Crippen LogP contribution in [-0.2, 0) is 0 Å². The summed E-state index contributed by atoms with van der Waals surface area (Å²) in [6.07, 6.45) is -2.32. The molecule has 0 unspecified atom stereocenters. The largest absolute Gasteiger partial charge is 0.573 e. The molecule has 2 saturated heterocycles. The molecule has 41 heavy (non-hydrogen) atoms. The smallest absolute Gasteiger partial charge is 0.406 e. The first-order valence-electron chi connectivity index (χ1n) is 13.1. The van der Waals surface area contributed by atoms with Crippen LogP contribution in [0.15, 0.2) is 28.7 Å². The Labute approximate surface area is 238 Å². The lowest BCUT2D eigenvalue weighted by Crippen LogP contribution is -2.58. The number of halogens is 4. The second-order valence-corrected chi connectivity index (χ2v) is 10.2. The number of hydrogen-bond donors (Lipinski definition) is 2. The van der Waals surface area contributed by atoms with E-state index >= 15 is 0 Å². The van der Waals surface area contributed by atoms with Gasteiger partial charge in [0.05, 0.1) is 0 Å². The lowest BCUT2D eigenvalue weighted by Gasteiger charge is -2.47. The molecule has 1 aromatic carbocycles. The number of alkyl halides is 3. The number of piperidine rings is 1. The fraction of sp³-hybridized carbons (Fsp3) is 0.480. The topological polar surface area (TPSA) is 153 Å². The highest BCUT2D eigenvalue weighted by atomic mass is 35.5. The molecule has 1 amide bonds. The zero-order valence-corrected chi connectivity index (χ0v) is 22.9. The fourth-order valence-electron chi connectivity index (χ4n) is 5.40. The molecular formula is C25H29ClF3N9O3. The molecule has 2 aromatic heterocycles. The maximum absolute atomic E-state index is 13.0. The molecule has 2 aliphatic heterocycles. The van der Waals surface area contributed by atoms with Crippen molar-refractivity contribution in [2.75, 3.05) is 49.1 Å². The predicted molar refractivity (Wildman–Crippen MR) is 144 cm³/mol. The summed E-state index contributed by atoms with van der Waals surface area (Å²) < 4.78 is 46.3. The Kier molecular flexibility index (Phi) is 8.09. The lowest BCUT2D eigenvalue weighted by molar-refractivity contribution is -0.274. The van der Waals surface area contributed by atoms with E-state index in [2.05, 4.69) is 41.6 Å². The monoisotopic (exact) mass is 595 g/mol. The quantitative estimate of drug-likeness (QED) is 0.431. The number of nitrogens with two attached hydrogens (primary N) is 2. The summed E-state index contributed by atoms with van der Waals surface area (Å²) in [6, 6.07) is 5.39. The van der Waals surface area contributed by atoms with Gasteiger partial charge in [-0.15, -0.1) is 18.3 Å². The summed E-state index contributed by atoms with van der Waals surface area (Å²) in [5.74, 6) is 0.0416. The molecule has 0 aliphatic carbocycles. The minimum Gasteiger partial charge on any atom is -0.406 e. The Morgan fingerprint density at radius 3 is 2.41 bits per heavy atom. The van der Waals surface area contributed by atoms with Crippen LogP contribution in [0.1, 0.15) is 36.5 Å². The van der Waals surface area contributed by atoms with Crippen LogP contribution < -0.4 is 21.1 Å². The van der Waals surface area contributed by atoms with Crippen LogP contribution in [0, 0.1) is 0 Å². The number of amides is 1. The molecule has 2 fully saturated rings. The zero-order valence-electron chi connectivity index (χ0n) is 22.1. The van der Waals surface area contributed by atoms with Crippen molar-refractivity contribution in [2.24, 2.45) is 0 Å². The number of likely N-dealkylation sites (tertiary alicyclic amines) is 1. The molecular weight excluding hydrogens is 567 g/mol. The predicted octanol–water partition coefficient (Wildman–Crippen LogP) is 3.45. The van der Waals surface area contributed by atoms with Crippen LogP contribution in [0.25, 0.3) is 11.6 Å². The number of carbonyl (C=O) groups is 1. The van der Waals surface area contributed by atoms with E-state index < -0.39 is 6.36 Å². The molecule has 0 saturated carbocycles. The van der Waals surface area contributed by atoms with E-state index in [1.54, 1.807) is 4.90 Å². The van der Waals surface area contributed by atoms with E-state index in [0.29, 0.717) is 37.6 Å². The SMILES string of the molecule is CC[C@H]1CN(c2nc(N)c(-c3nnc(N)o3)nc2Cl)CCN1C1CCN(C(=O)c2ccc(OC(F)(F)F)cc2)CC1. The van der Waals surface area contributed by atoms with Gasteiger partial charge in [-0.05, 0) is 43.5 Å². The molecule has 0 radical (unpaired) electrons. The summed E-state index contributed by atoms with van der Waals surface area (Å²) in [6.45, 7) is 5.31. The van der Waals surface area contributed by atoms with Gasteiger partial charge in [0.25, 0.3) is 11.8 Å². The van der Waals surface area contributed by atoms with Gasteiger partial charge in [0.1, 0.15) is 5.75 Å². The first-order chi connectivity index (χ1) is 19.5. The van der Waals surface area contributed by atoms with Crippen LogP contribution >= 0.6 is 11.6 Å². The summed E-state index contributed by atoms with van der Waals surface area (Å²) in [5.41, 5.74) is 12.1. The molecule has 4 heterocycles. The second kappa shape index (κ2) is 11.6. The molecule has 16 heteroatoms. The third-order valence-electron chi connectivity index (χ3n) is 7.36. The maximum atomic E-state index is 13.0. The molecule has 2 aliphatic rings. The molecule has 3 aromatic rings. The van der Waals surface area contributed by atoms with E-state index in [0.717, 1.165) is 37.9 Å². The van der Waals surface area contributed by atoms with Crippen molar-refractivity contribution in [1.29, 1.82) is 0 Å². The highest BCUT2D eigenvalue weighted by Crippen LogP contribution is 2.32. The van der Waals surface area contributed by atoms with Gasteiger partial charge in [-0.3, -0.25) is 9.69 Å². The third-order valence-corrected chi connectivity index (χ3v) is 7.61. The molecule has 12 nitrogen and oxygen atoms in total. The zero-order chi connectivity index (χ0) is 29.3. The van der Waals surface area contributed by atoms with Crippen molar-refractivity contribution in [3.8, 4) is 17.3 Å². The first-order valence-corrected chi connectivity index (χ1v) is 13.5. The van der Waals surface area contributed by atoms with Crippen molar-refractivity contribution in [2.45, 2.75) is 44.6 Å². The van der Waals surface area contributed by atoms with Crippen LogP contribution in [0.2, 0.25) is 5.15 Å². The minimum absolute atomic E-state index is 0.0366. The van der Waals surface area contributed by atoms with Crippen molar-refractivity contribution >= 4 is 35.2 Å². The number of hydrogen-bond acceptors (Lipinski definition) is 11. The van der Waals surface area contributed by atoms with Gasteiger partial charge in [0.15, 0.2) is 22.5 Å². The van der Waals surface area contributed by atoms with Gasteiger partial charge in [-0.1, -0.05) is 23.6 Å². The maximum Gasteiger partial charge on any atom is 0.573 e. The van der Waals surface area contributed by atoms with Crippen LogP contribution in [0.4, 0.5) is 30.8 Å². The first kappa shape index (κ1) is 28.7. The van der Waals surface area contributed by atoms with E-state index in [1.807, 2.05) is 0 Å². The highest BCUT2D eigenvalue weighted by molar-refractivity contribution is 6.32. The van der Waals surface area contributed by atoms with E-state index in [1.165, 1.54) is 12.1 Å². The lowest BCUT2D eigenvalue weighted by atomic mass is 9.97. The number of rotatable bonds is 6. The molecule has 220 valence electrons. The molecule has 5 rings (SSSR count). The average Bonchev–Trinajstić information content (AvgIpc) is 3.39. The van der Waals surface area contributed by atoms with Gasteiger partial charge in [-0.2, -0.15) is 0 Å². The summed E-state index contributed by atoms with van der Waals surface area (Å²) >= 11 is 6.50.